The molecule has 0 atom stereocenters. The zero-order valence-electron chi connectivity index (χ0n) is 19.9. The molecule has 0 spiro atoms. The van der Waals surface area contributed by atoms with Gasteiger partial charge in [0.15, 0.2) is 18.1 Å². The number of fused-ring (bicyclic) bond motifs is 1. The molecule has 4 rings (SSSR count). The van der Waals surface area contributed by atoms with Gasteiger partial charge in [-0.2, -0.15) is 10.1 Å². The average molecular weight is 472 g/mol. The summed E-state index contributed by atoms with van der Waals surface area (Å²) >= 11 is 0. The van der Waals surface area contributed by atoms with Crippen LogP contribution in [-0.2, 0) is 4.79 Å². The van der Waals surface area contributed by atoms with Gasteiger partial charge in [0.1, 0.15) is 0 Å². The number of carbonyl (C=O) groups excluding carboxylic acids is 3. The Balaban J connectivity index is 1.42. The van der Waals surface area contributed by atoms with Crippen molar-refractivity contribution in [1.29, 1.82) is 0 Å². The van der Waals surface area contributed by atoms with Crippen molar-refractivity contribution in [3.05, 3.63) is 88.0 Å². The predicted molar refractivity (Wildman–Crippen MR) is 132 cm³/mol. The van der Waals surface area contributed by atoms with Gasteiger partial charge in [-0.05, 0) is 67.8 Å². The van der Waals surface area contributed by atoms with Gasteiger partial charge >= 0.3 is 0 Å². The summed E-state index contributed by atoms with van der Waals surface area (Å²) in [5.74, 6) is -0.485. The zero-order chi connectivity index (χ0) is 25.1. The predicted octanol–water partition coefficient (Wildman–Crippen LogP) is 4.27. The van der Waals surface area contributed by atoms with E-state index >= 15 is 0 Å². The largest absolute Gasteiger partial charge is 0.493 e. The minimum atomic E-state index is -0.473. The highest BCUT2D eigenvalue weighted by Gasteiger charge is 2.35. The van der Waals surface area contributed by atoms with Crippen molar-refractivity contribution in [2.75, 3.05) is 19.0 Å². The molecule has 35 heavy (non-hydrogen) atoms. The Morgan fingerprint density at radius 1 is 0.943 bits per heavy atom. The number of nitrogens with zero attached hydrogens (tertiary/aromatic N) is 2. The number of ether oxygens (including phenoxy) is 2. The molecule has 178 valence electrons. The van der Waals surface area contributed by atoms with E-state index in [4.69, 9.17) is 9.47 Å². The van der Waals surface area contributed by atoms with Crippen LogP contribution in [0.5, 0.6) is 11.5 Å². The van der Waals surface area contributed by atoms with Crippen molar-refractivity contribution in [2.45, 2.75) is 20.8 Å². The van der Waals surface area contributed by atoms with Crippen molar-refractivity contribution >= 4 is 29.6 Å². The van der Waals surface area contributed by atoms with Gasteiger partial charge in [0, 0.05) is 5.69 Å². The monoisotopic (exact) mass is 471 g/mol. The number of nitrogens with one attached hydrogen (secondary N) is 1. The van der Waals surface area contributed by atoms with Gasteiger partial charge in [-0.25, -0.2) is 0 Å². The highest BCUT2D eigenvalue weighted by Crippen LogP contribution is 2.28. The molecule has 8 heteroatoms. The minimum Gasteiger partial charge on any atom is -0.493 e. The summed E-state index contributed by atoms with van der Waals surface area (Å²) in [4.78, 5) is 37.4. The second-order valence-corrected chi connectivity index (χ2v) is 8.23. The number of hydrogen-bond acceptors (Lipinski definition) is 6. The van der Waals surface area contributed by atoms with Crippen LogP contribution >= 0.6 is 0 Å². The van der Waals surface area contributed by atoms with Crippen LogP contribution in [0.1, 0.15) is 43.0 Å². The molecule has 3 aromatic rings. The fourth-order valence-electron chi connectivity index (χ4n) is 3.99. The lowest BCUT2D eigenvalue weighted by Gasteiger charge is -2.14. The third-order valence-corrected chi connectivity index (χ3v) is 5.58. The summed E-state index contributed by atoms with van der Waals surface area (Å²) in [5, 5.41) is 7.80. The molecule has 0 aliphatic carbocycles. The molecule has 3 amide bonds. The molecule has 0 unspecified atom stereocenters. The van der Waals surface area contributed by atoms with Crippen LogP contribution < -0.4 is 14.8 Å². The molecule has 0 saturated carbocycles. The summed E-state index contributed by atoms with van der Waals surface area (Å²) < 4.78 is 11.1. The van der Waals surface area contributed by atoms with Gasteiger partial charge < -0.3 is 14.8 Å². The molecule has 1 aliphatic rings. The van der Waals surface area contributed by atoms with E-state index in [0.29, 0.717) is 28.2 Å². The highest BCUT2D eigenvalue weighted by atomic mass is 16.5. The Kier molecular flexibility index (Phi) is 6.64. The molecule has 0 radical (unpaired) electrons. The molecule has 0 saturated heterocycles. The first-order valence-electron chi connectivity index (χ1n) is 11.0. The second-order valence-electron chi connectivity index (χ2n) is 8.23. The van der Waals surface area contributed by atoms with Crippen LogP contribution in [0.3, 0.4) is 0 Å². The van der Waals surface area contributed by atoms with Crippen molar-refractivity contribution in [3.63, 3.8) is 0 Å². The molecule has 1 aliphatic heterocycles. The molecule has 0 bridgehead atoms. The van der Waals surface area contributed by atoms with E-state index in [1.54, 1.807) is 42.5 Å². The molecule has 0 aromatic heterocycles. The number of methoxy groups -OCH3 is 1. The van der Waals surface area contributed by atoms with Crippen LogP contribution in [0.2, 0.25) is 0 Å². The molecular weight excluding hydrogens is 446 g/mol. The van der Waals surface area contributed by atoms with Gasteiger partial charge in [0.05, 0.1) is 24.5 Å². The third kappa shape index (κ3) is 4.91. The lowest BCUT2D eigenvalue weighted by Crippen LogP contribution is -2.24. The van der Waals surface area contributed by atoms with E-state index in [-0.39, 0.29) is 12.5 Å². The second kappa shape index (κ2) is 9.80. The Hall–Kier alpha value is -4.46. The average Bonchev–Trinajstić information content (AvgIpc) is 3.08. The maximum Gasteiger partial charge on any atom is 0.282 e. The summed E-state index contributed by atoms with van der Waals surface area (Å²) in [7, 11) is 1.48. The Bertz CT molecular complexity index is 1300. The highest BCUT2D eigenvalue weighted by molar-refractivity contribution is 6.21. The van der Waals surface area contributed by atoms with Gasteiger partial charge in [-0.3, -0.25) is 14.4 Å². The molecule has 3 aromatic carbocycles. The van der Waals surface area contributed by atoms with E-state index in [0.717, 1.165) is 27.4 Å². The van der Waals surface area contributed by atoms with Crippen molar-refractivity contribution < 1.29 is 23.9 Å². The standard InChI is InChI=1S/C27H25N3O5/c1-16-11-17(2)25(18(3)12-16)29-24(31)15-35-22-10-9-19(13-23(22)34-4)14-28-30-26(32)20-7-5-6-8-21(20)27(30)33/h5-14H,15H2,1-4H3,(H,29,31)/b28-14+. The smallest absolute Gasteiger partial charge is 0.282 e. The van der Waals surface area contributed by atoms with Crippen LogP contribution in [-0.4, -0.2) is 42.7 Å². The zero-order valence-corrected chi connectivity index (χ0v) is 19.9. The normalized spacial score (nSPS) is 12.7. The fourth-order valence-corrected chi connectivity index (χ4v) is 3.99. The Morgan fingerprint density at radius 2 is 1.57 bits per heavy atom. The molecule has 0 fully saturated rings. The number of aryl methyl sites for hydroxylation is 3. The quantitative estimate of drug-likeness (QED) is 0.410. The van der Waals surface area contributed by atoms with E-state index in [1.807, 2.05) is 32.9 Å². The number of benzene rings is 3. The Morgan fingerprint density at radius 3 is 2.17 bits per heavy atom. The lowest BCUT2D eigenvalue weighted by atomic mass is 10.1. The first-order chi connectivity index (χ1) is 16.8. The van der Waals surface area contributed by atoms with E-state index < -0.39 is 11.8 Å². The Labute approximate surface area is 203 Å². The summed E-state index contributed by atoms with van der Waals surface area (Å²) in [6.07, 6.45) is 1.39. The number of imide groups is 1. The van der Waals surface area contributed by atoms with E-state index in [9.17, 15) is 14.4 Å². The van der Waals surface area contributed by atoms with Gasteiger partial charge in [0.2, 0.25) is 0 Å². The lowest BCUT2D eigenvalue weighted by molar-refractivity contribution is -0.118. The number of amides is 3. The summed E-state index contributed by atoms with van der Waals surface area (Å²) in [5.41, 5.74) is 5.10. The van der Waals surface area contributed by atoms with Crippen molar-refractivity contribution in [2.24, 2.45) is 5.10 Å². The molecular formula is C27H25N3O5. The SMILES string of the molecule is COc1cc(/C=N/N2C(=O)c3ccccc3C2=O)ccc1OCC(=O)Nc1c(C)cc(C)cc1C. The van der Waals surface area contributed by atoms with Gasteiger partial charge in [-0.1, -0.05) is 29.8 Å². The van der Waals surface area contributed by atoms with Crippen LogP contribution in [0.4, 0.5) is 5.69 Å². The number of hydrogen-bond donors (Lipinski definition) is 1. The fraction of sp³-hybridized carbons (Fsp3) is 0.185. The van der Waals surface area contributed by atoms with Crippen molar-refractivity contribution in [3.8, 4) is 11.5 Å². The van der Waals surface area contributed by atoms with E-state index in [2.05, 4.69) is 10.4 Å². The molecule has 1 N–H and O–H groups in total. The third-order valence-electron chi connectivity index (χ3n) is 5.58. The number of rotatable bonds is 7. The maximum absolute atomic E-state index is 12.5. The molecule has 8 nitrogen and oxygen atoms in total. The first-order valence-corrected chi connectivity index (χ1v) is 11.0. The summed E-state index contributed by atoms with van der Waals surface area (Å²) in [6.45, 7) is 5.70. The number of hydrazone groups is 1. The minimum absolute atomic E-state index is 0.203. The maximum atomic E-state index is 12.5. The van der Waals surface area contributed by atoms with Gasteiger partial charge in [-0.15, -0.1) is 0 Å². The van der Waals surface area contributed by atoms with Crippen LogP contribution in [0, 0.1) is 20.8 Å². The van der Waals surface area contributed by atoms with E-state index in [1.165, 1.54) is 13.3 Å². The molecule has 1 heterocycles. The van der Waals surface area contributed by atoms with Crippen LogP contribution in [0.15, 0.2) is 59.7 Å². The summed E-state index contributed by atoms with van der Waals surface area (Å²) in [6, 6.07) is 15.6. The number of anilines is 1. The van der Waals surface area contributed by atoms with Gasteiger partial charge in [0.25, 0.3) is 17.7 Å². The first kappa shape index (κ1) is 23.7. The topological polar surface area (TPSA) is 97.3 Å². The van der Waals surface area contributed by atoms with Crippen molar-refractivity contribution in [1.82, 2.24) is 5.01 Å². The number of carbonyl (C=O) groups is 3. The van der Waals surface area contributed by atoms with Crippen LogP contribution in [0.25, 0.3) is 0 Å².